The Morgan fingerprint density at radius 1 is 1.03 bits per heavy atom. The summed E-state index contributed by atoms with van der Waals surface area (Å²) >= 11 is 0. The number of carbonyl (C=O) groups is 3. The molecule has 0 fully saturated rings. The highest BCUT2D eigenvalue weighted by Crippen LogP contribution is 2.27. The van der Waals surface area contributed by atoms with Gasteiger partial charge < -0.3 is 14.1 Å². The van der Waals surface area contributed by atoms with Crippen LogP contribution in [0.1, 0.15) is 31.6 Å². The molecule has 11 heteroatoms. The van der Waals surface area contributed by atoms with Crippen LogP contribution in [0.3, 0.4) is 0 Å². The highest BCUT2D eigenvalue weighted by molar-refractivity contribution is 6.06. The maximum atomic E-state index is 11.6. The number of rotatable bonds is 3. The molecule has 2 aromatic heterocycles. The van der Waals surface area contributed by atoms with Crippen molar-refractivity contribution in [3.63, 3.8) is 0 Å². The molecule has 0 atom stereocenters. The summed E-state index contributed by atoms with van der Waals surface area (Å²) in [5.74, 6) is -0.169. The number of nitrogens with zero attached hydrogens (tertiary/aromatic N) is 2. The van der Waals surface area contributed by atoms with Crippen molar-refractivity contribution in [3.05, 3.63) is 60.0 Å². The first kappa shape index (κ1) is 22.2. The molecule has 0 spiro atoms. The van der Waals surface area contributed by atoms with Gasteiger partial charge >= 0.3 is 18.0 Å². The molecule has 3 rings (SSSR count). The molecule has 0 saturated carbocycles. The van der Waals surface area contributed by atoms with E-state index in [4.69, 9.17) is 9.83 Å². The zero-order valence-electron chi connectivity index (χ0n) is 17.2. The molecule has 0 saturated heterocycles. The number of nitrogens with one attached hydrogen (secondary N) is 3. The fourth-order valence-electron chi connectivity index (χ4n) is 2.57. The lowest BCUT2D eigenvalue weighted by atomic mass is 10.0. The number of hydroxylamine groups is 2. The molecular weight excluding hydrogens is 418 g/mol. The number of hydrogen-bond acceptors (Lipinski definition) is 8. The van der Waals surface area contributed by atoms with Gasteiger partial charge in [0.05, 0.1) is 5.71 Å². The first-order chi connectivity index (χ1) is 15.3. The molecule has 1 aliphatic carbocycles. The molecule has 32 heavy (non-hydrogen) atoms. The number of pyridine rings is 1. The molecule has 1 aliphatic rings. The van der Waals surface area contributed by atoms with E-state index in [9.17, 15) is 14.4 Å². The van der Waals surface area contributed by atoms with Crippen LogP contribution in [0.2, 0.25) is 0 Å². The lowest BCUT2D eigenvalue weighted by Gasteiger charge is -2.07. The van der Waals surface area contributed by atoms with E-state index in [2.05, 4.69) is 25.1 Å². The van der Waals surface area contributed by atoms with Gasteiger partial charge in [0.15, 0.2) is 11.6 Å². The van der Waals surface area contributed by atoms with Crippen LogP contribution in [0.25, 0.3) is 17.0 Å². The molecule has 11 nitrogen and oxygen atoms in total. The monoisotopic (exact) mass is 437 g/mol. The Labute approximate surface area is 182 Å². The van der Waals surface area contributed by atoms with Crippen LogP contribution in [0.4, 0.5) is 4.79 Å². The van der Waals surface area contributed by atoms with Crippen LogP contribution >= 0.6 is 0 Å². The van der Waals surface area contributed by atoms with Crippen molar-refractivity contribution >= 4 is 35.1 Å². The zero-order valence-corrected chi connectivity index (χ0v) is 17.2. The van der Waals surface area contributed by atoms with E-state index in [0.29, 0.717) is 34.9 Å². The predicted octanol–water partition coefficient (Wildman–Crippen LogP) is 2.71. The van der Waals surface area contributed by atoms with Crippen LogP contribution < -0.4 is 11.0 Å². The van der Waals surface area contributed by atoms with Gasteiger partial charge in [0.2, 0.25) is 0 Å². The fourth-order valence-corrected chi connectivity index (χ4v) is 2.57. The number of carbonyl (C=O) groups excluding carboxylic acids is 3. The molecule has 2 heterocycles. The average molecular weight is 437 g/mol. The number of aromatic nitrogens is 1. The number of urea groups is 1. The van der Waals surface area contributed by atoms with Crippen molar-refractivity contribution in [1.29, 1.82) is 5.41 Å². The lowest BCUT2D eigenvalue weighted by molar-refractivity contribution is -0.146. The Morgan fingerprint density at radius 2 is 1.75 bits per heavy atom. The number of hydrogen-bond donors (Lipinski definition) is 3. The quantitative estimate of drug-likeness (QED) is 0.376. The normalized spacial score (nSPS) is 13.8. The van der Waals surface area contributed by atoms with E-state index in [1.54, 1.807) is 36.4 Å². The standard InChI is InChI=1S/C21H19N5O6/c1-12(27)31-25-20(22)15-5-8-17(23-11-15)19-10-9-18(30-19)14-3-6-16(7-4-14)24-21(29)26-32-13(2)28/h3-6,8-11H,7H2,1-2H3,(H2,22,25)(H,26,29). The largest absolute Gasteiger partial charge is 0.454 e. The topological polar surface area (TPSA) is 156 Å². The third-order valence-corrected chi connectivity index (χ3v) is 4.01. The zero-order chi connectivity index (χ0) is 23.1. The molecule has 164 valence electrons. The molecule has 0 radical (unpaired) electrons. The van der Waals surface area contributed by atoms with Gasteiger partial charge in [0.25, 0.3) is 0 Å². The van der Waals surface area contributed by atoms with Crippen LogP contribution in [-0.2, 0) is 19.3 Å². The minimum atomic E-state index is -0.775. The number of allylic oxidation sites excluding steroid dienone is 4. The van der Waals surface area contributed by atoms with Crippen LogP contribution in [0.15, 0.2) is 58.1 Å². The second kappa shape index (κ2) is 9.98. The van der Waals surface area contributed by atoms with Crippen molar-refractivity contribution in [2.45, 2.75) is 20.3 Å². The molecule has 2 aromatic rings. The van der Waals surface area contributed by atoms with Gasteiger partial charge in [0.1, 0.15) is 11.5 Å². The third kappa shape index (κ3) is 5.98. The van der Waals surface area contributed by atoms with Gasteiger partial charge in [-0.15, -0.1) is 0 Å². The van der Waals surface area contributed by atoms with Crippen LogP contribution in [0, 0.1) is 5.41 Å². The Kier molecular flexibility index (Phi) is 6.91. The summed E-state index contributed by atoms with van der Waals surface area (Å²) < 4.78 is 5.87. The van der Waals surface area contributed by atoms with Crippen molar-refractivity contribution < 1.29 is 28.5 Å². The minimum absolute atomic E-state index is 0.101. The van der Waals surface area contributed by atoms with Gasteiger partial charge in [-0.2, -0.15) is 10.5 Å². The Hall–Kier alpha value is -4.54. The summed E-state index contributed by atoms with van der Waals surface area (Å²) in [6, 6.07) is 6.11. The fraction of sp³-hybridized carbons (Fsp3) is 0.143. The predicted molar refractivity (Wildman–Crippen MR) is 113 cm³/mol. The van der Waals surface area contributed by atoms with E-state index in [1.165, 1.54) is 20.0 Å². The first-order valence-electron chi connectivity index (χ1n) is 9.34. The second-order valence-corrected chi connectivity index (χ2v) is 6.47. The van der Waals surface area contributed by atoms with Crippen molar-refractivity contribution in [3.8, 4) is 11.5 Å². The van der Waals surface area contributed by atoms with E-state index in [1.807, 2.05) is 11.6 Å². The Bertz CT molecular complexity index is 1140. The number of aliphatic imine (C=N–C) groups is 1. The molecule has 3 N–H and O–H groups in total. The third-order valence-electron chi connectivity index (χ3n) is 4.01. The van der Waals surface area contributed by atoms with Crippen molar-refractivity contribution in [2.24, 2.45) is 4.99 Å². The van der Waals surface area contributed by atoms with E-state index >= 15 is 0 Å². The smallest absolute Gasteiger partial charge is 0.374 e. The molecule has 0 aliphatic heterocycles. The van der Waals surface area contributed by atoms with Crippen LogP contribution in [-0.4, -0.2) is 34.5 Å². The van der Waals surface area contributed by atoms with E-state index < -0.39 is 18.0 Å². The van der Waals surface area contributed by atoms with Gasteiger partial charge in [0, 0.05) is 37.6 Å². The van der Waals surface area contributed by atoms with Crippen LogP contribution in [0.5, 0.6) is 0 Å². The Balaban J connectivity index is 1.63. The summed E-state index contributed by atoms with van der Waals surface area (Å²) in [5.41, 5.74) is 6.44. The summed E-state index contributed by atoms with van der Waals surface area (Å²) in [6.45, 7) is 2.39. The SMILES string of the molecule is CC(=O)ONC(=N)c1ccc(-c2ccc(C3=CCC(=NC(=O)NOC(C)=O)C=C3)o2)nc1. The van der Waals surface area contributed by atoms with E-state index in [-0.39, 0.29) is 5.84 Å². The molecule has 0 bridgehead atoms. The van der Waals surface area contributed by atoms with Gasteiger partial charge in [-0.1, -0.05) is 6.08 Å². The maximum absolute atomic E-state index is 11.6. The number of furan rings is 1. The molecule has 0 aromatic carbocycles. The van der Waals surface area contributed by atoms with Gasteiger partial charge in [-0.05, 0) is 36.4 Å². The van der Waals surface area contributed by atoms with E-state index in [0.717, 1.165) is 5.57 Å². The van der Waals surface area contributed by atoms with Gasteiger partial charge in [-0.3, -0.25) is 20.0 Å². The molecular formula is C21H19N5O6. The summed E-state index contributed by atoms with van der Waals surface area (Å²) in [7, 11) is 0. The lowest BCUT2D eigenvalue weighted by Crippen LogP contribution is -2.25. The van der Waals surface area contributed by atoms with Gasteiger partial charge in [-0.25, -0.2) is 10.3 Å². The molecule has 0 unspecified atom stereocenters. The van der Waals surface area contributed by atoms with Crippen molar-refractivity contribution in [1.82, 2.24) is 15.9 Å². The summed E-state index contributed by atoms with van der Waals surface area (Å²) in [6.07, 6.45) is 7.11. The Morgan fingerprint density at radius 3 is 2.38 bits per heavy atom. The first-order valence-corrected chi connectivity index (χ1v) is 9.34. The average Bonchev–Trinajstić information content (AvgIpc) is 3.27. The number of amides is 2. The number of amidine groups is 1. The summed E-state index contributed by atoms with van der Waals surface area (Å²) in [5, 5.41) is 7.81. The highest BCUT2D eigenvalue weighted by Gasteiger charge is 2.13. The second-order valence-electron chi connectivity index (χ2n) is 6.47. The highest BCUT2D eigenvalue weighted by atomic mass is 16.7. The van der Waals surface area contributed by atoms with Crippen molar-refractivity contribution in [2.75, 3.05) is 0 Å². The molecule has 2 amide bonds. The minimum Gasteiger partial charge on any atom is -0.454 e. The maximum Gasteiger partial charge on any atom is 0.374 e. The summed E-state index contributed by atoms with van der Waals surface area (Å²) in [4.78, 5) is 50.1.